The Labute approximate surface area is 207 Å². The molecule has 6 heteroatoms. The average molecular weight is 523 g/mol. The van der Waals surface area contributed by atoms with E-state index in [4.69, 9.17) is 3.32 Å². The van der Waals surface area contributed by atoms with E-state index in [0.717, 1.165) is 12.2 Å². The van der Waals surface area contributed by atoms with Crippen molar-refractivity contribution >= 4 is 39.6 Å². The standard InChI is InChI=1S/C14H22O.C8H13Si.C2H7Si.2ClH.Ti/c1-13(2,3)10-7-11(14(4,5)6)9-12(15)8-10;1-9(2,3)8-6-4-5-7-8;1-3-2;;;/h7-9,15H,1-6H3;4,6H,5H2,1-3H3;3H,1-2H3;2*1H;/q;;;;;+1/p-1. The zero-order valence-electron chi connectivity index (χ0n) is 20.9. The smallest absolute Gasteiger partial charge is 0.147 e. The largest absolute Gasteiger partial charge is 0.147 e. The minimum absolute atomic E-state index is 0. The summed E-state index contributed by atoms with van der Waals surface area (Å²) in [7, 11) is -1.32. The molecule has 0 bridgehead atoms. The van der Waals surface area contributed by atoms with Gasteiger partial charge in [-0.15, -0.1) is 24.8 Å². The van der Waals surface area contributed by atoms with Crippen LogP contribution in [0.3, 0.4) is 0 Å². The normalized spacial score (nSPS) is 14.5. The van der Waals surface area contributed by atoms with Crippen LogP contribution < -0.4 is 3.32 Å². The first-order valence-corrected chi connectivity index (χ1v) is 21.2. The fourth-order valence-electron chi connectivity index (χ4n) is 3.62. The molecule has 171 valence electrons. The molecular formula is C24H43Cl2OSi2Ti. The zero-order valence-corrected chi connectivity index (χ0v) is 26.2. The molecule has 0 saturated carbocycles. The van der Waals surface area contributed by atoms with Crippen LogP contribution in [0.4, 0.5) is 0 Å². The summed E-state index contributed by atoms with van der Waals surface area (Å²) in [5.41, 5.74) is 3.04. The summed E-state index contributed by atoms with van der Waals surface area (Å²) in [6, 6.07) is 7.05. The van der Waals surface area contributed by atoms with E-state index < -0.39 is 32.3 Å². The van der Waals surface area contributed by atoms with Gasteiger partial charge in [-0.25, -0.2) is 0 Å². The van der Waals surface area contributed by atoms with Gasteiger partial charge in [0.1, 0.15) is 0 Å². The Morgan fingerprint density at radius 1 is 0.867 bits per heavy atom. The molecule has 0 spiro atoms. The summed E-state index contributed by atoms with van der Waals surface area (Å²) in [4.78, 5) is 0. The van der Waals surface area contributed by atoms with Crippen LogP contribution in [0.2, 0.25) is 32.7 Å². The first kappa shape index (κ1) is 30.2. The van der Waals surface area contributed by atoms with Crippen LogP contribution in [0.25, 0.3) is 0 Å². The molecule has 1 aromatic carbocycles. The van der Waals surface area contributed by atoms with Crippen LogP contribution in [-0.2, 0) is 28.3 Å². The van der Waals surface area contributed by atoms with E-state index in [1.165, 1.54) is 11.1 Å². The fraction of sp³-hybridized carbons (Fsp3) is 0.583. The molecule has 0 aromatic heterocycles. The van der Waals surface area contributed by atoms with Gasteiger partial charge in [-0.05, 0) is 0 Å². The number of hydrogen-bond donors (Lipinski definition) is 0. The molecule has 1 aliphatic carbocycles. The number of halogens is 2. The van der Waals surface area contributed by atoms with Crippen molar-refractivity contribution in [3.63, 3.8) is 0 Å². The summed E-state index contributed by atoms with van der Waals surface area (Å²) in [6.07, 6.45) is 5.97. The van der Waals surface area contributed by atoms with Gasteiger partial charge in [0.05, 0.1) is 0 Å². The third-order valence-corrected chi connectivity index (χ3v) is 18.2. The first-order valence-electron chi connectivity index (χ1n) is 10.7. The van der Waals surface area contributed by atoms with Crippen LogP contribution in [0.1, 0.15) is 59.1 Å². The molecule has 2 rings (SSSR count). The van der Waals surface area contributed by atoms with E-state index in [1.54, 1.807) is 9.07 Å². The van der Waals surface area contributed by atoms with Crippen molar-refractivity contribution in [3.8, 4) is 5.75 Å². The Hall–Kier alpha value is 0.228. The molecule has 0 heterocycles. The number of allylic oxidation sites excluding steroid dienone is 4. The topological polar surface area (TPSA) is 9.23 Å². The average Bonchev–Trinajstić information content (AvgIpc) is 2.99. The van der Waals surface area contributed by atoms with E-state index in [9.17, 15) is 0 Å². The Kier molecular flexibility index (Phi) is 11.0. The van der Waals surface area contributed by atoms with E-state index in [2.05, 4.69) is 105 Å². The maximum absolute atomic E-state index is 7.01. The van der Waals surface area contributed by atoms with Crippen LogP contribution in [0, 0.1) is 0 Å². The van der Waals surface area contributed by atoms with Crippen LogP contribution >= 0.6 is 24.8 Å². The Morgan fingerprint density at radius 2 is 1.33 bits per heavy atom. The molecule has 0 saturated heterocycles. The summed E-state index contributed by atoms with van der Waals surface area (Å²) >= 11 is -1.74. The SMILES string of the molecule is C[SiH](C)[Ti]([O]c1cc(C(C)(C)C)cc(C(C)(C)C)c1)[C]1=C([Si](C)(C)C)C=CC1.Cl.Cl. The van der Waals surface area contributed by atoms with Crippen molar-refractivity contribution in [2.24, 2.45) is 0 Å². The fourth-order valence-corrected chi connectivity index (χ4v) is 16.9. The van der Waals surface area contributed by atoms with E-state index >= 15 is 0 Å². The molecule has 1 aromatic rings. The maximum Gasteiger partial charge on any atom is -0.147 e. The van der Waals surface area contributed by atoms with Crippen LogP contribution in [0.5, 0.6) is 5.75 Å². The molecule has 0 N–H and O–H groups in total. The molecule has 1 aliphatic rings. The number of hydrogen-bond acceptors (Lipinski definition) is 1. The number of rotatable bonds is 5. The Morgan fingerprint density at radius 3 is 1.70 bits per heavy atom. The van der Waals surface area contributed by atoms with Gasteiger partial charge in [-0.3, -0.25) is 0 Å². The molecule has 0 fully saturated rings. The summed E-state index contributed by atoms with van der Waals surface area (Å²) < 4.78 is 8.75. The molecule has 0 amide bonds. The predicted octanol–water partition coefficient (Wildman–Crippen LogP) is 8.11. The third-order valence-electron chi connectivity index (χ3n) is 5.43. The van der Waals surface area contributed by atoms with Crippen molar-refractivity contribution in [2.75, 3.05) is 0 Å². The second-order valence-corrected chi connectivity index (χ2v) is 28.9. The predicted molar refractivity (Wildman–Crippen MR) is 142 cm³/mol. The van der Waals surface area contributed by atoms with Crippen LogP contribution in [-0.4, -0.2) is 14.7 Å². The van der Waals surface area contributed by atoms with Gasteiger partial charge >= 0.3 is 183 Å². The minimum Gasteiger partial charge on any atom is -0.147 e. The molecule has 0 radical (unpaired) electrons. The van der Waals surface area contributed by atoms with Gasteiger partial charge < -0.3 is 0 Å². The third kappa shape index (κ3) is 7.67. The van der Waals surface area contributed by atoms with Crippen molar-refractivity contribution in [1.29, 1.82) is 0 Å². The van der Waals surface area contributed by atoms with Gasteiger partial charge in [-0.2, -0.15) is 0 Å². The second-order valence-electron chi connectivity index (χ2n) is 11.6. The van der Waals surface area contributed by atoms with Crippen molar-refractivity contribution in [1.82, 2.24) is 0 Å². The van der Waals surface area contributed by atoms with Crippen LogP contribution in [0.15, 0.2) is 39.4 Å². The van der Waals surface area contributed by atoms with Crippen molar-refractivity contribution in [2.45, 2.75) is 91.5 Å². The van der Waals surface area contributed by atoms with Gasteiger partial charge in [-0.1, -0.05) is 0 Å². The zero-order chi connectivity index (χ0) is 21.5. The van der Waals surface area contributed by atoms with Gasteiger partial charge in [0.25, 0.3) is 0 Å². The monoisotopic (exact) mass is 521 g/mol. The second kappa shape index (κ2) is 10.9. The van der Waals surface area contributed by atoms with E-state index in [0.29, 0.717) is 0 Å². The van der Waals surface area contributed by atoms with Gasteiger partial charge in [0.15, 0.2) is 0 Å². The molecule has 1 nitrogen and oxygen atoms in total. The molecule has 0 aliphatic heterocycles. The molecule has 30 heavy (non-hydrogen) atoms. The minimum atomic E-state index is -1.74. The molecular weight excluding hydrogens is 479 g/mol. The number of benzene rings is 1. The summed E-state index contributed by atoms with van der Waals surface area (Å²) in [5, 5.41) is 1.69. The summed E-state index contributed by atoms with van der Waals surface area (Å²) in [6.45, 7) is 25.4. The Bertz CT molecular complexity index is 750. The molecule has 0 unspecified atom stereocenters. The molecule has 0 atom stereocenters. The quantitative estimate of drug-likeness (QED) is 0.355. The summed E-state index contributed by atoms with van der Waals surface area (Å²) in [5.74, 6) is 1.13. The Balaban J connectivity index is 0.00000420. The van der Waals surface area contributed by atoms with Crippen molar-refractivity contribution < 1.29 is 20.8 Å². The van der Waals surface area contributed by atoms with Gasteiger partial charge in [0, 0.05) is 0 Å². The van der Waals surface area contributed by atoms with E-state index in [1.807, 2.05) is 0 Å². The first-order chi connectivity index (χ1) is 12.6. The van der Waals surface area contributed by atoms with E-state index in [-0.39, 0.29) is 35.6 Å². The van der Waals surface area contributed by atoms with Crippen molar-refractivity contribution in [3.05, 3.63) is 50.6 Å². The van der Waals surface area contributed by atoms with Gasteiger partial charge in [0.2, 0.25) is 0 Å². The maximum atomic E-state index is 7.01.